The van der Waals surface area contributed by atoms with Gasteiger partial charge in [0.2, 0.25) is 5.95 Å². The Hall–Kier alpha value is -3.32. The van der Waals surface area contributed by atoms with E-state index < -0.39 is 0 Å². The summed E-state index contributed by atoms with van der Waals surface area (Å²) in [6.45, 7) is 3.45. The van der Waals surface area contributed by atoms with Crippen molar-refractivity contribution in [3.63, 3.8) is 0 Å². The summed E-state index contributed by atoms with van der Waals surface area (Å²) in [5.41, 5.74) is 3.41. The predicted molar refractivity (Wildman–Crippen MR) is 122 cm³/mol. The van der Waals surface area contributed by atoms with E-state index in [-0.39, 0.29) is 5.56 Å². The molecule has 31 heavy (non-hydrogen) atoms. The molecule has 1 saturated heterocycles. The number of H-pyrrole nitrogens is 1. The number of anilines is 2. The van der Waals surface area contributed by atoms with Crippen molar-refractivity contribution < 1.29 is 9.47 Å². The van der Waals surface area contributed by atoms with Gasteiger partial charge < -0.3 is 19.3 Å². The Labute approximate surface area is 182 Å². The molecule has 3 aromatic rings. The highest BCUT2D eigenvalue weighted by molar-refractivity contribution is 5.59. The van der Waals surface area contributed by atoms with Crippen molar-refractivity contribution in [3.8, 4) is 5.75 Å². The maximum Gasteiger partial charge on any atom is 0.256 e. The molecule has 2 heterocycles. The SMILES string of the molecule is COCc1nc(N2CCN(c3ccccc3OC)CC2)[nH]c(=O)c1Cc1ccccc1. The molecule has 1 aliphatic heterocycles. The molecule has 0 atom stereocenters. The van der Waals surface area contributed by atoms with Crippen LogP contribution in [0.4, 0.5) is 11.6 Å². The maximum absolute atomic E-state index is 12.9. The monoisotopic (exact) mass is 420 g/mol. The average Bonchev–Trinajstić information content (AvgIpc) is 2.82. The van der Waals surface area contributed by atoms with Crippen molar-refractivity contribution >= 4 is 11.6 Å². The zero-order valence-corrected chi connectivity index (χ0v) is 18.0. The Kier molecular flexibility index (Phi) is 6.52. The molecule has 162 valence electrons. The third kappa shape index (κ3) is 4.72. The number of aromatic nitrogens is 2. The van der Waals surface area contributed by atoms with Gasteiger partial charge in [0.05, 0.1) is 25.1 Å². The molecule has 7 heteroatoms. The van der Waals surface area contributed by atoms with Gasteiger partial charge >= 0.3 is 0 Å². The second-order valence-electron chi connectivity index (χ2n) is 7.56. The lowest BCUT2D eigenvalue weighted by molar-refractivity contribution is 0.180. The van der Waals surface area contributed by atoms with Gasteiger partial charge in [0.15, 0.2) is 0 Å². The maximum atomic E-state index is 12.9. The summed E-state index contributed by atoms with van der Waals surface area (Å²) in [7, 11) is 3.32. The van der Waals surface area contributed by atoms with Crippen LogP contribution in [0.25, 0.3) is 0 Å². The van der Waals surface area contributed by atoms with Crippen LogP contribution in [-0.2, 0) is 17.8 Å². The summed E-state index contributed by atoms with van der Waals surface area (Å²) in [6, 6.07) is 18.0. The van der Waals surface area contributed by atoms with Crippen molar-refractivity contribution in [1.82, 2.24) is 9.97 Å². The number of nitrogens with zero attached hydrogens (tertiary/aromatic N) is 3. The molecule has 0 amide bonds. The standard InChI is InChI=1S/C24H28N4O3/c1-30-17-20-19(16-18-8-4-3-5-9-18)23(29)26-24(25-20)28-14-12-27(13-15-28)21-10-6-7-11-22(21)31-2/h3-11H,12-17H2,1-2H3,(H,25,26,29). The first-order valence-corrected chi connectivity index (χ1v) is 10.5. The molecule has 0 unspecified atom stereocenters. The molecule has 1 aromatic heterocycles. The fourth-order valence-electron chi connectivity index (χ4n) is 3.97. The van der Waals surface area contributed by atoms with Crippen LogP contribution in [0.15, 0.2) is 59.4 Å². The molecule has 0 saturated carbocycles. The van der Waals surface area contributed by atoms with Gasteiger partial charge in [-0.15, -0.1) is 0 Å². The summed E-state index contributed by atoms with van der Waals surface area (Å²) < 4.78 is 10.8. The van der Waals surface area contributed by atoms with E-state index in [0.29, 0.717) is 30.2 Å². The third-order valence-electron chi connectivity index (χ3n) is 5.60. The summed E-state index contributed by atoms with van der Waals surface area (Å²) in [6.07, 6.45) is 0.531. The van der Waals surface area contributed by atoms with E-state index in [1.165, 1.54) is 0 Å². The number of ether oxygens (including phenoxy) is 2. The van der Waals surface area contributed by atoms with Crippen LogP contribution < -0.4 is 20.1 Å². The van der Waals surface area contributed by atoms with Crippen molar-refractivity contribution in [1.29, 1.82) is 0 Å². The third-order valence-corrected chi connectivity index (χ3v) is 5.60. The Morgan fingerprint density at radius 3 is 2.32 bits per heavy atom. The molecule has 0 bridgehead atoms. The number of benzene rings is 2. The fraction of sp³-hybridized carbons (Fsp3) is 0.333. The lowest BCUT2D eigenvalue weighted by atomic mass is 10.0. The van der Waals surface area contributed by atoms with Crippen LogP contribution in [0.5, 0.6) is 5.75 Å². The Morgan fingerprint density at radius 1 is 0.935 bits per heavy atom. The molecule has 1 aliphatic rings. The molecule has 1 N–H and O–H groups in total. The van der Waals surface area contributed by atoms with Gasteiger partial charge in [-0.25, -0.2) is 4.98 Å². The first-order valence-electron chi connectivity index (χ1n) is 10.5. The number of aromatic amines is 1. The van der Waals surface area contributed by atoms with E-state index >= 15 is 0 Å². The van der Waals surface area contributed by atoms with E-state index in [1.807, 2.05) is 48.5 Å². The zero-order valence-electron chi connectivity index (χ0n) is 18.0. The summed E-state index contributed by atoms with van der Waals surface area (Å²) in [5, 5.41) is 0. The molecule has 2 aromatic carbocycles. The Bertz CT molecular complexity index is 1060. The van der Waals surface area contributed by atoms with E-state index in [2.05, 4.69) is 20.9 Å². The largest absolute Gasteiger partial charge is 0.495 e. The minimum Gasteiger partial charge on any atom is -0.495 e. The molecule has 1 fully saturated rings. The van der Waals surface area contributed by atoms with Gasteiger partial charge in [0, 0.05) is 45.3 Å². The zero-order chi connectivity index (χ0) is 21.6. The fourth-order valence-corrected chi connectivity index (χ4v) is 3.97. The average molecular weight is 421 g/mol. The van der Waals surface area contributed by atoms with Gasteiger partial charge in [0.1, 0.15) is 5.75 Å². The number of rotatable bonds is 7. The number of hydrogen-bond acceptors (Lipinski definition) is 6. The van der Waals surface area contributed by atoms with Crippen molar-refractivity contribution in [3.05, 3.63) is 81.8 Å². The lowest BCUT2D eigenvalue weighted by Crippen LogP contribution is -2.47. The first kappa shape index (κ1) is 20.9. The molecule has 0 spiro atoms. The van der Waals surface area contributed by atoms with Crippen molar-refractivity contribution in [2.45, 2.75) is 13.0 Å². The van der Waals surface area contributed by atoms with Crippen LogP contribution >= 0.6 is 0 Å². The second kappa shape index (κ2) is 9.66. The van der Waals surface area contributed by atoms with Crippen LogP contribution in [0, 0.1) is 0 Å². The van der Waals surface area contributed by atoms with Gasteiger partial charge in [0.25, 0.3) is 5.56 Å². The number of methoxy groups -OCH3 is 2. The smallest absolute Gasteiger partial charge is 0.256 e. The van der Waals surface area contributed by atoms with Crippen LogP contribution in [0.3, 0.4) is 0 Å². The van der Waals surface area contributed by atoms with Gasteiger partial charge in [-0.1, -0.05) is 42.5 Å². The topological polar surface area (TPSA) is 70.7 Å². The van der Waals surface area contributed by atoms with Gasteiger partial charge in [-0.05, 0) is 17.7 Å². The highest BCUT2D eigenvalue weighted by atomic mass is 16.5. The number of hydrogen-bond donors (Lipinski definition) is 1. The normalized spacial score (nSPS) is 14.0. The van der Waals surface area contributed by atoms with Crippen LogP contribution in [-0.4, -0.2) is 50.4 Å². The highest BCUT2D eigenvalue weighted by Crippen LogP contribution is 2.28. The summed E-state index contributed by atoms with van der Waals surface area (Å²) >= 11 is 0. The minimum atomic E-state index is -0.104. The lowest BCUT2D eigenvalue weighted by Gasteiger charge is -2.37. The van der Waals surface area contributed by atoms with Crippen LogP contribution in [0.1, 0.15) is 16.8 Å². The van der Waals surface area contributed by atoms with Crippen LogP contribution in [0.2, 0.25) is 0 Å². The van der Waals surface area contributed by atoms with Gasteiger partial charge in [-0.3, -0.25) is 9.78 Å². The van der Waals surface area contributed by atoms with Gasteiger partial charge in [-0.2, -0.15) is 0 Å². The Balaban J connectivity index is 1.53. The summed E-state index contributed by atoms with van der Waals surface area (Å²) in [4.78, 5) is 25.1. The molecule has 7 nitrogen and oxygen atoms in total. The van der Waals surface area contributed by atoms with E-state index in [4.69, 9.17) is 14.5 Å². The number of nitrogens with one attached hydrogen (secondary N) is 1. The van der Waals surface area contributed by atoms with Crippen molar-refractivity contribution in [2.75, 3.05) is 50.2 Å². The predicted octanol–water partition coefficient (Wildman–Crippen LogP) is 2.84. The minimum absolute atomic E-state index is 0.104. The molecule has 4 rings (SSSR count). The summed E-state index contributed by atoms with van der Waals surface area (Å²) in [5.74, 6) is 1.48. The number of para-hydroxylation sites is 2. The number of piperazine rings is 1. The molecular weight excluding hydrogens is 392 g/mol. The molecular formula is C24H28N4O3. The van der Waals surface area contributed by atoms with E-state index in [1.54, 1.807) is 14.2 Å². The van der Waals surface area contributed by atoms with E-state index in [0.717, 1.165) is 43.2 Å². The molecule has 0 aliphatic carbocycles. The van der Waals surface area contributed by atoms with Crippen molar-refractivity contribution in [2.24, 2.45) is 0 Å². The first-order chi connectivity index (χ1) is 15.2. The van der Waals surface area contributed by atoms with E-state index in [9.17, 15) is 4.79 Å². The Morgan fingerprint density at radius 2 is 1.61 bits per heavy atom. The molecule has 0 radical (unpaired) electrons. The highest BCUT2D eigenvalue weighted by Gasteiger charge is 2.22. The second-order valence-corrected chi connectivity index (χ2v) is 7.56. The quantitative estimate of drug-likeness (QED) is 0.634.